The van der Waals surface area contributed by atoms with Gasteiger partial charge in [-0.05, 0) is 24.3 Å². The third kappa shape index (κ3) is 3.43. The molecule has 30 heavy (non-hydrogen) atoms. The molecule has 2 heterocycles. The molecule has 0 N–H and O–H groups in total. The van der Waals surface area contributed by atoms with Gasteiger partial charge in [-0.25, -0.2) is 9.37 Å². The summed E-state index contributed by atoms with van der Waals surface area (Å²) in [6.45, 7) is 0.0105. The van der Waals surface area contributed by atoms with E-state index >= 15 is 0 Å². The highest BCUT2D eigenvalue weighted by Crippen LogP contribution is 2.40. The lowest BCUT2D eigenvalue weighted by atomic mass is 10.2. The van der Waals surface area contributed by atoms with Crippen LogP contribution in [-0.4, -0.2) is 41.1 Å². The Morgan fingerprint density at radius 2 is 1.77 bits per heavy atom. The van der Waals surface area contributed by atoms with Gasteiger partial charge in [-0.15, -0.1) is 10.2 Å². The molecule has 0 amide bonds. The molecule has 2 aromatic heterocycles. The van der Waals surface area contributed by atoms with Gasteiger partial charge in [0.2, 0.25) is 17.5 Å². The summed E-state index contributed by atoms with van der Waals surface area (Å²) >= 11 is 0. The summed E-state index contributed by atoms with van der Waals surface area (Å²) in [5, 5.41) is 8.33. The summed E-state index contributed by atoms with van der Waals surface area (Å²) in [4.78, 5) is 16.7. The zero-order chi connectivity index (χ0) is 21.3. The summed E-state index contributed by atoms with van der Waals surface area (Å²) in [5.41, 5.74) is 0.495. The van der Waals surface area contributed by atoms with Gasteiger partial charge in [0, 0.05) is 11.6 Å². The van der Waals surface area contributed by atoms with Crippen LogP contribution in [-0.2, 0) is 6.54 Å². The van der Waals surface area contributed by atoms with Gasteiger partial charge in [-0.1, -0.05) is 0 Å². The van der Waals surface area contributed by atoms with Crippen LogP contribution in [0.2, 0.25) is 0 Å². The minimum Gasteiger partial charge on any atom is -0.493 e. The topological polar surface area (TPSA) is 102 Å². The zero-order valence-corrected chi connectivity index (χ0v) is 16.4. The molecule has 2 aromatic carbocycles. The standard InChI is InChI=1S/C20H17FN4O5/c1-27-15-6-11(7-16(28-2)18(15)29-3)19-24-23-17(30-19)9-25-10-22-14-8-12(21)4-5-13(14)20(25)26/h4-8,10H,9H2,1-3H3. The summed E-state index contributed by atoms with van der Waals surface area (Å²) < 4.78 is 36.3. The molecule has 0 bridgehead atoms. The fourth-order valence-electron chi connectivity index (χ4n) is 3.03. The minimum atomic E-state index is -0.459. The molecule has 0 saturated carbocycles. The highest BCUT2D eigenvalue weighted by atomic mass is 19.1. The maximum Gasteiger partial charge on any atom is 0.261 e. The molecule has 0 saturated heterocycles. The smallest absolute Gasteiger partial charge is 0.261 e. The van der Waals surface area contributed by atoms with Gasteiger partial charge in [-0.2, -0.15) is 0 Å². The van der Waals surface area contributed by atoms with Crippen molar-refractivity contribution in [3.63, 3.8) is 0 Å². The highest BCUT2D eigenvalue weighted by molar-refractivity contribution is 5.77. The first-order valence-corrected chi connectivity index (χ1v) is 8.81. The largest absolute Gasteiger partial charge is 0.493 e. The molecule has 0 radical (unpaired) electrons. The van der Waals surface area contributed by atoms with E-state index in [1.165, 1.54) is 50.4 Å². The van der Waals surface area contributed by atoms with Crippen LogP contribution in [0.15, 0.2) is 45.9 Å². The van der Waals surface area contributed by atoms with E-state index in [-0.39, 0.29) is 29.4 Å². The number of aromatic nitrogens is 4. The molecule has 10 heteroatoms. The maximum absolute atomic E-state index is 13.3. The van der Waals surface area contributed by atoms with Crippen molar-refractivity contribution in [2.24, 2.45) is 0 Å². The number of ether oxygens (including phenoxy) is 3. The Balaban J connectivity index is 1.67. The van der Waals surface area contributed by atoms with Crippen LogP contribution in [0.3, 0.4) is 0 Å². The third-order valence-electron chi connectivity index (χ3n) is 4.47. The number of nitrogens with zero attached hydrogens (tertiary/aromatic N) is 4. The molecule has 154 valence electrons. The Hall–Kier alpha value is -3.95. The van der Waals surface area contributed by atoms with Crippen LogP contribution >= 0.6 is 0 Å². The maximum atomic E-state index is 13.3. The molecule has 0 fully saturated rings. The van der Waals surface area contributed by atoms with Crippen LogP contribution in [0, 0.1) is 5.82 Å². The molecule has 0 aliphatic carbocycles. The Kier molecular flexibility index (Phi) is 5.05. The number of benzene rings is 2. The van der Waals surface area contributed by atoms with Crippen LogP contribution in [0.4, 0.5) is 4.39 Å². The van der Waals surface area contributed by atoms with E-state index in [2.05, 4.69) is 15.2 Å². The van der Waals surface area contributed by atoms with Crippen molar-refractivity contribution in [3.8, 4) is 28.7 Å². The predicted octanol–water partition coefficient (Wildman–Crippen LogP) is 2.66. The van der Waals surface area contributed by atoms with Crippen molar-refractivity contribution in [1.82, 2.24) is 19.7 Å². The van der Waals surface area contributed by atoms with Crippen molar-refractivity contribution in [1.29, 1.82) is 0 Å². The fraction of sp³-hybridized carbons (Fsp3) is 0.200. The van der Waals surface area contributed by atoms with Crippen LogP contribution in [0.5, 0.6) is 17.2 Å². The lowest BCUT2D eigenvalue weighted by Crippen LogP contribution is -2.21. The van der Waals surface area contributed by atoms with Crippen LogP contribution in [0.25, 0.3) is 22.4 Å². The normalized spacial score (nSPS) is 10.9. The van der Waals surface area contributed by atoms with Gasteiger partial charge >= 0.3 is 0 Å². The zero-order valence-electron chi connectivity index (χ0n) is 16.4. The van der Waals surface area contributed by atoms with E-state index in [9.17, 15) is 9.18 Å². The molecule has 0 spiro atoms. The quantitative estimate of drug-likeness (QED) is 0.476. The Labute approximate surface area is 169 Å². The van der Waals surface area contributed by atoms with E-state index in [0.717, 1.165) is 0 Å². The van der Waals surface area contributed by atoms with Gasteiger partial charge in [0.1, 0.15) is 12.4 Å². The number of halogens is 1. The Morgan fingerprint density at radius 1 is 1.03 bits per heavy atom. The van der Waals surface area contributed by atoms with Crippen molar-refractivity contribution in [3.05, 3.63) is 58.7 Å². The van der Waals surface area contributed by atoms with Gasteiger partial charge in [0.05, 0.1) is 38.6 Å². The molecule has 0 unspecified atom stereocenters. The second-order valence-electron chi connectivity index (χ2n) is 6.25. The summed E-state index contributed by atoms with van der Waals surface area (Å²) in [6, 6.07) is 7.17. The minimum absolute atomic E-state index is 0.0105. The van der Waals surface area contributed by atoms with Gasteiger partial charge in [0.15, 0.2) is 11.5 Å². The summed E-state index contributed by atoms with van der Waals surface area (Å²) in [7, 11) is 4.52. The van der Waals surface area contributed by atoms with E-state index in [0.29, 0.717) is 28.2 Å². The second kappa shape index (κ2) is 7.82. The molecule has 0 aliphatic rings. The number of hydrogen-bond acceptors (Lipinski definition) is 8. The predicted molar refractivity (Wildman–Crippen MR) is 104 cm³/mol. The molecule has 0 atom stereocenters. The van der Waals surface area contributed by atoms with E-state index < -0.39 is 5.82 Å². The number of methoxy groups -OCH3 is 3. The molecule has 0 aliphatic heterocycles. The fourth-order valence-corrected chi connectivity index (χ4v) is 3.03. The monoisotopic (exact) mass is 412 g/mol. The van der Waals surface area contributed by atoms with E-state index in [1.807, 2.05) is 0 Å². The van der Waals surface area contributed by atoms with Crippen molar-refractivity contribution in [2.75, 3.05) is 21.3 Å². The average Bonchev–Trinajstić information content (AvgIpc) is 3.23. The molecular weight excluding hydrogens is 395 g/mol. The van der Waals surface area contributed by atoms with Crippen LogP contribution < -0.4 is 19.8 Å². The molecule has 4 aromatic rings. The first-order chi connectivity index (χ1) is 14.5. The van der Waals surface area contributed by atoms with Gasteiger partial charge in [-0.3, -0.25) is 9.36 Å². The van der Waals surface area contributed by atoms with E-state index in [1.54, 1.807) is 12.1 Å². The second-order valence-corrected chi connectivity index (χ2v) is 6.25. The van der Waals surface area contributed by atoms with Crippen molar-refractivity contribution >= 4 is 10.9 Å². The van der Waals surface area contributed by atoms with Crippen molar-refractivity contribution < 1.29 is 23.0 Å². The Bertz CT molecular complexity index is 1260. The highest BCUT2D eigenvalue weighted by Gasteiger charge is 2.18. The lowest BCUT2D eigenvalue weighted by molar-refractivity contribution is 0.324. The first-order valence-electron chi connectivity index (χ1n) is 8.81. The van der Waals surface area contributed by atoms with Crippen molar-refractivity contribution in [2.45, 2.75) is 6.54 Å². The molecule has 4 rings (SSSR count). The average molecular weight is 412 g/mol. The van der Waals surface area contributed by atoms with Gasteiger partial charge in [0.25, 0.3) is 5.56 Å². The lowest BCUT2D eigenvalue weighted by Gasteiger charge is -2.12. The first kappa shape index (κ1) is 19.4. The number of fused-ring (bicyclic) bond motifs is 1. The third-order valence-corrected chi connectivity index (χ3v) is 4.47. The molecular formula is C20H17FN4O5. The van der Waals surface area contributed by atoms with Gasteiger partial charge < -0.3 is 18.6 Å². The number of hydrogen-bond donors (Lipinski definition) is 0. The summed E-state index contributed by atoms with van der Waals surface area (Å²) in [6.07, 6.45) is 1.31. The summed E-state index contributed by atoms with van der Waals surface area (Å²) in [5.74, 6) is 1.27. The number of rotatable bonds is 6. The van der Waals surface area contributed by atoms with Crippen LogP contribution in [0.1, 0.15) is 5.89 Å². The molecule has 9 nitrogen and oxygen atoms in total. The Morgan fingerprint density at radius 3 is 2.43 bits per heavy atom. The van der Waals surface area contributed by atoms with E-state index in [4.69, 9.17) is 18.6 Å². The SMILES string of the molecule is COc1cc(-c2nnc(Cn3cnc4cc(F)ccc4c3=O)o2)cc(OC)c1OC.